The van der Waals surface area contributed by atoms with Gasteiger partial charge < -0.3 is 15.6 Å². The highest BCUT2D eigenvalue weighted by atomic mass is 35.5. The zero-order valence-electron chi connectivity index (χ0n) is 13.3. The smallest absolute Gasteiger partial charge is 0.138 e. The average molecular weight is 333 g/mol. The highest BCUT2D eigenvalue weighted by Crippen LogP contribution is 2.33. The summed E-state index contributed by atoms with van der Waals surface area (Å²) in [5.41, 5.74) is 6.55. The van der Waals surface area contributed by atoms with Crippen LogP contribution in [0.25, 0.3) is 10.8 Å². The van der Waals surface area contributed by atoms with E-state index in [1.165, 1.54) is 11.8 Å². The number of anilines is 1. The van der Waals surface area contributed by atoms with Crippen molar-refractivity contribution in [1.29, 1.82) is 0 Å². The summed E-state index contributed by atoms with van der Waals surface area (Å²) in [5, 5.41) is 4.27. The summed E-state index contributed by atoms with van der Waals surface area (Å²) in [6.07, 6.45) is 6.86. The van der Waals surface area contributed by atoms with E-state index in [0.29, 0.717) is 11.1 Å². The van der Waals surface area contributed by atoms with E-state index in [9.17, 15) is 0 Å². The molecule has 1 aliphatic rings. The van der Waals surface area contributed by atoms with Gasteiger partial charge in [0, 0.05) is 43.3 Å². The Morgan fingerprint density at radius 2 is 2.04 bits per heavy atom. The molecule has 0 aliphatic carbocycles. The van der Waals surface area contributed by atoms with Crippen LogP contribution in [0.3, 0.4) is 0 Å². The molecule has 0 aromatic carbocycles. The molecule has 4 N–H and O–H groups in total. The average Bonchev–Trinajstić information content (AvgIpc) is 2.45. The minimum absolute atomic E-state index is 0.233. The van der Waals surface area contributed by atoms with Crippen molar-refractivity contribution >= 4 is 28.2 Å². The van der Waals surface area contributed by atoms with E-state index in [1.807, 2.05) is 12.3 Å². The van der Waals surface area contributed by atoms with Crippen LogP contribution in [0.4, 0.5) is 5.82 Å². The topological polar surface area (TPSA) is 84.3 Å². The minimum atomic E-state index is 0.233. The van der Waals surface area contributed by atoms with Crippen molar-refractivity contribution in [2.45, 2.75) is 25.8 Å². The Kier molecular flexibility index (Phi) is 4.28. The second-order valence-corrected chi connectivity index (χ2v) is 6.48. The number of halogens is 1. The summed E-state index contributed by atoms with van der Waals surface area (Å²) in [6.45, 7) is 5.89. The first-order valence-electron chi connectivity index (χ1n) is 7.61. The monoisotopic (exact) mass is 332 g/mol. The van der Waals surface area contributed by atoms with E-state index in [1.54, 1.807) is 17.4 Å². The van der Waals surface area contributed by atoms with Crippen LogP contribution in [-0.4, -0.2) is 34.1 Å². The molecule has 0 amide bonds. The SMILES string of the molecule is CC(C)c1cnc(N2CC(N(N)/C=C\N)C2)c2cnc(Cl)cc12. The normalized spacial score (nSPS) is 15.6. The zero-order chi connectivity index (χ0) is 16.6. The Balaban J connectivity index is 1.93. The summed E-state index contributed by atoms with van der Waals surface area (Å²) >= 11 is 6.09. The van der Waals surface area contributed by atoms with E-state index in [-0.39, 0.29) is 6.04 Å². The van der Waals surface area contributed by atoms with Crippen LogP contribution in [0.2, 0.25) is 5.15 Å². The standard InChI is InChI=1S/C16H21ClN6/c1-10(2)13-6-21-16(14-7-20-15(17)5-12(13)14)22-8-11(9-22)23(19)4-3-18/h3-7,10-11H,8-9,18-19H2,1-2H3/b4-3-. The first kappa shape index (κ1) is 15.8. The molecular weight excluding hydrogens is 312 g/mol. The van der Waals surface area contributed by atoms with Gasteiger partial charge in [-0.1, -0.05) is 25.4 Å². The lowest BCUT2D eigenvalue weighted by molar-refractivity contribution is 0.238. The van der Waals surface area contributed by atoms with Crippen molar-refractivity contribution in [1.82, 2.24) is 15.0 Å². The maximum atomic E-state index is 6.09. The maximum Gasteiger partial charge on any atom is 0.138 e. The quantitative estimate of drug-likeness (QED) is 0.507. The number of nitrogens with two attached hydrogens (primary N) is 2. The number of hydrazine groups is 1. The van der Waals surface area contributed by atoms with Gasteiger partial charge in [-0.25, -0.2) is 15.8 Å². The Bertz CT molecular complexity index is 739. The van der Waals surface area contributed by atoms with Crippen molar-refractivity contribution in [2.75, 3.05) is 18.0 Å². The van der Waals surface area contributed by atoms with Gasteiger partial charge in [-0.05, 0) is 22.9 Å². The number of fused-ring (bicyclic) bond motifs is 1. The lowest BCUT2D eigenvalue weighted by atomic mass is 9.98. The molecule has 1 saturated heterocycles. The van der Waals surface area contributed by atoms with Crippen molar-refractivity contribution in [3.05, 3.63) is 41.6 Å². The lowest BCUT2D eigenvalue weighted by Crippen LogP contribution is -2.60. The fourth-order valence-electron chi connectivity index (χ4n) is 2.87. The van der Waals surface area contributed by atoms with Crippen LogP contribution in [-0.2, 0) is 0 Å². The second kappa shape index (κ2) is 6.22. The Morgan fingerprint density at radius 1 is 1.30 bits per heavy atom. The van der Waals surface area contributed by atoms with Crippen molar-refractivity contribution in [3.63, 3.8) is 0 Å². The number of hydrogen-bond acceptors (Lipinski definition) is 6. The molecule has 0 radical (unpaired) electrons. The second-order valence-electron chi connectivity index (χ2n) is 6.09. The number of nitrogens with zero attached hydrogens (tertiary/aromatic N) is 4. The van der Waals surface area contributed by atoms with Gasteiger partial charge in [0.2, 0.25) is 0 Å². The summed E-state index contributed by atoms with van der Waals surface area (Å²) in [4.78, 5) is 11.1. The van der Waals surface area contributed by atoms with Crippen LogP contribution >= 0.6 is 11.6 Å². The fraction of sp³-hybridized carbons (Fsp3) is 0.375. The maximum absolute atomic E-state index is 6.09. The van der Waals surface area contributed by atoms with Gasteiger partial charge in [-0.2, -0.15) is 0 Å². The third-order valence-corrected chi connectivity index (χ3v) is 4.42. The van der Waals surface area contributed by atoms with Gasteiger partial charge in [-0.15, -0.1) is 0 Å². The van der Waals surface area contributed by atoms with Crippen LogP contribution in [0, 0.1) is 0 Å². The summed E-state index contributed by atoms with van der Waals surface area (Å²) in [5.74, 6) is 7.21. The largest absolute Gasteiger partial charge is 0.403 e. The molecular formula is C16H21ClN6. The molecule has 0 saturated carbocycles. The first-order valence-corrected chi connectivity index (χ1v) is 7.99. The highest BCUT2D eigenvalue weighted by Gasteiger charge is 2.31. The molecule has 1 fully saturated rings. The summed E-state index contributed by atoms with van der Waals surface area (Å²) < 4.78 is 0. The van der Waals surface area contributed by atoms with Gasteiger partial charge >= 0.3 is 0 Å². The Morgan fingerprint density at radius 3 is 2.70 bits per heavy atom. The first-order chi connectivity index (χ1) is 11.0. The summed E-state index contributed by atoms with van der Waals surface area (Å²) in [6, 6.07) is 2.15. The van der Waals surface area contributed by atoms with E-state index < -0.39 is 0 Å². The van der Waals surface area contributed by atoms with Crippen molar-refractivity contribution in [3.8, 4) is 0 Å². The Hall–Kier alpha value is -2.05. The predicted octanol–water partition coefficient (Wildman–Crippen LogP) is 2.20. The highest BCUT2D eigenvalue weighted by molar-refractivity contribution is 6.30. The van der Waals surface area contributed by atoms with Gasteiger partial charge in [0.05, 0.1) is 6.04 Å². The van der Waals surface area contributed by atoms with Crippen molar-refractivity contribution in [2.24, 2.45) is 11.6 Å². The Labute approximate surface area is 140 Å². The summed E-state index contributed by atoms with van der Waals surface area (Å²) in [7, 11) is 0. The van der Waals surface area contributed by atoms with Gasteiger partial charge in [-0.3, -0.25) is 0 Å². The molecule has 0 spiro atoms. The van der Waals surface area contributed by atoms with Crippen LogP contribution in [0.5, 0.6) is 0 Å². The molecule has 122 valence electrons. The molecule has 7 heteroatoms. The van der Waals surface area contributed by atoms with Gasteiger partial charge in [0.15, 0.2) is 0 Å². The van der Waals surface area contributed by atoms with E-state index >= 15 is 0 Å². The molecule has 23 heavy (non-hydrogen) atoms. The fourth-order valence-corrected chi connectivity index (χ4v) is 3.02. The molecule has 3 rings (SSSR count). The lowest BCUT2D eigenvalue weighted by Gasteiger charge is -2.44. The third-order valence-electron chi connectivity index (χ3n) is 4.21. The number of aromatic nitrogens is 2. The molecule has 0 unspecified atom stereocenters. The van der Waals surface area contributed by atoms with E-state index in [4.69, 9.17) is 23.2 Å². The molecule has 6 nitrogen and oxygen atoms in total. The number of hydrogen-bond donors (Lipinski definition) is 2. The molecule has 2 aromatic heterocycles. The van der Waals surface area contributed by atoms with Crippen LogP contribution < -0.4 is 16.5 Å². The molecule has 3 heterocycles. The minimum Gasteiger partial charge on any atom is -0.403 e. The van der Waals surface area contributed by atoms with Gasteiger partial charge in [0.1, 0.15) is 11.0 Å². The number of pyridine rings is 2. The van der Waals surface area contributed by atoms with Crippen LogP contribution in [0.15, 0.2) is 30.9 Å². The van der Waals surface area contributed by atoms with Gasteiger partial charge in [0.25, 0.3) is 0 Å². The predicted molar refractivity (Wildman–Crippen MR) is 94.0 cm³/mol. The third kappa shape index (κ3) is 2.92. The van der Waals surface area contributed by atoms with Crippen molar-refractivity contribution < 1.29 is 0 Å². The van der Waals surface area contributed by atoms with E-state index in [2.05, 4.69) is 28.7 Å². The van der Waals surface area contributed by atoms with E-state index in [0.717, 1.165) is 29.7 Å². The molecule has 1 aliphatic heterocycles. The zero-order valence-corrected chi connectivity index (χ0v) is 14.0. The number of rotatable bonds is 4. The van der Waals surface area contributed by atoms with Crippen LogP contribution in [0.1, 0.15) is 25.3 Å². The molecule has 0 atom stereocenters. The molecule has 2 aromatic rings. The molecule has 0 bridgehead atoms.